The van der Waals surface area contributed by atoms with Gasteiger partial charge in [-0.05, 0) is 31.6 Å². The van der Waals surface area contributed by atoms with Gasteiger partial charge in [-0.15, -0.1) is 0 Å². The number of hydrogen-bond donors (Lipinski definition) is 1. The molecule has 0 spiro atoms. The van der Waals surface area contributed by atoms with Crippen LogP contribution >= 0.6 is 0 Å². The Kier molecular flexibility index (Phi) is 5.15. The molecular formula is C18H22FN3. The molecule has 1 N–H and O–H groups in total. The maximum atomic E-state index is 14.2. The van der Waals surface area contributed by atoms with Crippen molar-refractivity contribution in [2.75, 3.05) is 13.6 Å². The second-order valence-electron chi connectivity index (χ2n) is 5.27. The van der Waals surface area contributed by atoms with Gasteiger partial charge in [-0.25, -0.2) is 4.39 Å². The minimum atomic E-state index is -0.259. The van der Waals surface area contributed by atoms with Gasteiger partial charge in [0, 0.05) is 30.9 Å². The number of benzene rings is 1. The summed E-state index contributed by atoms with van der Waals surface area (Å²) >= 11 is 0. The van der Waals surface area contributed by atoms with Crippen LogP contribution in [-0.2, 0) is 0 Å². The number of nitrogens with zero attached hydrogens (tertiary/aromatic N) is 2. The standard InChI is InChI=1S/C18H22FN3/c1-5-10-20-17-9-11-22(4)18(21-17)14(6-2)15-12-13(3)7-8-16(15)19/h6-9,11-12H,2,5,10H2,1,3-4H3,(H,20,21)/b18-14+. The zero-order valence-electron chi connectivity index (χ0n) is 13.4. The quantitative estimate of drug-likeness (QED) is 0.914. The van der Waals surface area contributed by atoms with E-state index in [4.69, 9.17) is 0 Å². The summed E-state index contributed by atoms with van der Waals surface area (Å²) in [4.78, 5) is 6.37. The molecule has 0 saturated heterocycles. The van der Waals surface area contributed by atoms with Gasteiger partial charge in [0.25, 0.3) is 0 Å². The molecule has 1 aromatic carbocycles. The molecule has 4 heteroatoms. The fourth-order valence-electron chi connectivity index (χ4n) is 2.27. The molecule has 0 fully saturated rings. The Morgan fingerprint density at radius 1 is 1.45 bits per heavy atom. The van der Waals surface area contributed by atoms with Crippen LogP contribution in [0, 0.1) is 12.7 Å². The third-order valence-corrected chi connectivity index (χ3v) is 3.43. The molecule has 1 aliphatic heterocycles. The first-order chi connectivity index (χ1) is 10.6. The Morgan fingerprint density at radius 2 is 2.23 bits per heavy atom. The van der Waals surface area contributed by atoms with Crippen molar-refractivity contribution in [2.24, 2.45) is 4.99 Å². The van der Waals surface area contributed by atoms with Crippen LogP contribution in [0.2, 0.25) is 0 Å². The maximum Gasteiger partial charge on any atom is 0.131 e. The van der Waals surface area contributed by atoms with E-state index in [0.717, 1.165) is 35.8 Å². The molecule has 0 saturated carbocycles. The Balaban J connectivity index is 2.50. The van der Waals surface area contributed by atoms with Crippen molar-refractivity contribution in [1.82, 2.24) is 10.2 Å². The highest BCUT2D eigenvalue weighted by Crippen LogP contribution is 2.25. The summed E-state index contributed by atoms with van der Waals surface area (Å²) in [5.74, 6) is 1.30. The zero-order valence-corrected chi connectivity index (χ0v) is 13.4. The molecule has 1 aromatic rings. The van der Waals surface area contributed by atoms with Crippen molar-refractivity contribution >= 4 is 11.4 Å². The minimum absolute atomic E-state index is 0.259. The van der Waals surface area contributed by atoms with Gasteiger partial charge in [-0.2, -0.15) is 0 Å². The van der Waals surface area contributed by atoms with E-state index in [0.29, 0.717) is 5.56 Å². The number of halogens is 1. The first-order valence-electron chi connectivity index (χ1n) is 7.42. The van der Waals surface area contributed by atoms with Crippen LogP contribution in [0.3, 0.4) is 0 Å². The first-order valence-corrected chi connectivity index (χ1v) is 7.42. The molecule has 116 valence electrons. The third kappa shape index (κ3) is 3.45. The second-order valence-corrected chi connectivity index (χ2v) is 5.27. The molecule has 0 aliphatic carbocycles. The average molecular weight is 299 g/mol. The van der Waals surface area contributed by atoms with Crippen molar-refractivity contribution in [3.8, 4) is 0 Å². The lowest BCUT2D eigenvalue weighted by atomic mass is 10.0. The number of aryl methyl sites for hydroxylation is 1. The largest absolute Gasteiger partial charge is 0.337 e. The lowest BCUT2D eigenvalue weighted by Crippen LogP contribution is -2.35. The molecule has 0 aromatic heterocycles. The number of amidine groups is 1. The fourth-order valence-corrected chi connectivity index (χ4v) is 2.27. The summed E-state index contributed by atoms with van der Waals surface area (Å²) in [5, 5.41) is 3.27. The molecule has 0 radical (unpaired) electrons. The number of hydrogen-bond acceptors (Lipinski definition) is 2. The first kappa shape index (κ1) is 16.0. The number of rotatable bonds is 4. The smallest absolute Gasteiger partial charge is 0.131 e. The monoisotopic (exact) mass is 299 g/mol. The van der Waals surface area contributed by atoms with Crippen LogP contribution < -0.4 is 5.32 Å². The van der Waals surface area contributed by atoms with Crippen molar-refractivity contribution in [1.29, 1.82) is 0 Å². The van der Waals surface area contributed by atoms with E-state index in [9.17, 15) is 4.39 Å². The van der Waals surface area contributed by atoms with Gasteiger partial charge >= 0.3 is 0 Å². The van der Waals surface area contributed by atoms with Gasteiger partial charge in [0.15, 0.2) is 0 Å². The Hall–Kier alpha value is -2.36. The summed E-state index contributed by atoms with van der Waals surface area (Å²) in [6.07, 6.45) is 6.48. The SMILES string of the molecule is C=C/C(=C1/NC(=NCCC)C=CN1C)c1cc(C)ccc1F. The molecule has 0 atom stereocenters. The van der Waals surface area contributed by atoms with Crippen LogP contribution in [-0.4, -0.2) is 24.3 Å². The summed E-state index contributed by atoms with van der Waals surface area (Å²) < 4.78 is 14.2. The summed E-state index contributed by atoms with van der Waals surface area (Å²) in [6, 6.07) is 5.08. The van der Waals surface area contributed by atoms with Gasteiger partial charge in [-0.1, -0.05) is 31.2 Å². The molecule has 22 heavy (non-hydrogen) atoms. The summed E-state index contributed by atoms with van der Waals surface area (Å²) in [6.45, 7) is 8.63. The van der Waals surface area contributed by atoms with Crippen molar-refractivity contribution in [2.45, 2.75) is 20.3 Å². The highest BCUT2D eigenvalue weighted by molar-refractivity contribution is 5.96. The molecule has 0 bridgehead atoms. The normalized spacial score (nSPS) is 18.4. The number of aliphatic imine (C=N–C) groups is 1. The summed E-state index contributed by atoms with van der Waals surface area (Å²) in [7, 11) is 1.91. The molecule has 3 nitrogen and oxygen atoms in total. The van der Waals surface area contributed by atoms with Crippen LogP contribution in [0.1, 0.15) is 24.5 Å². The molecule has 2 rings (SSSR count). The molecule has 0 unspecified atom stereocenters. The van der Waals surface area contributed by atoms with Gasteiger partial charge in [-0.3, -0.25) is 4.99 Å². The van der Waals surface area contributed by atoms with Gasteiger partial charge in [0.1, 0.15) is 17.5 Å². The highest BCUT2D eigenvalue weighted by atomic mass is 19.1. The number of nitrogens with one attached hydrogen (secondary N) is 1. The van der Waals surface area contributed by atoms with Crippen LogP contribution in [0.15, 0.2) is 53.9 Å². The van der Waals surface area contributed by atoms with Crippen LogP contribution in [0.5, 0.6) is 0 Å². The Labute approximate surface area is 131 Å². The van der Waals surface area contributed by atoms with Gasteiger partial charge < -0.3 is 10.2 Å². The molecule has 1 heterocycles. The lowest BCUT2D eigenvalue weighted by Gasteiger charge is -2.27. The highest BCUT2D eigenvalue weighted by Gasteiger charge is 2.17. The van der Waals surface area contributed by atoms with E-state index in [-0.39, 0.29) is 5.82 Å². The van der Waals surface area contributed by atoms with E-state index >= 15 is 0 Å². The van der Waals surface area contributed by atoms with Crippen LogP contribution in [0.25, 0.3) is 5.57 Å². The van der Waals surface area contributed by atoms with E-state index in [1.54, 1.807) is 12.1 Å². The van der Waals surface area contributed by atoms with Crippen molar-refractivity contribution in [3.63, 3.8) is 0 Å². The second kappa shape index (κ2) is 7.07. The predicted octanol–water partition coefficient (Wildman–Crippen LogP) is 3.85. The Bertz CT molecular complexity index is 656. The van der Waals surface area contributed by atoms with E-state index < -0.39 is 0 Å². The Morgan fingerprint density at radius 3 is 2.91 bits per heavy atom. The number of allylic oxidation sites excluding steroid dienone is 2. The van der Waals surface area contributed by atoms with Crippen LogP contribution in [0.4, 0.5) is 4.39 Å². The minimum Gasteiger partial charge on any atom is -0.337 e. The maximum absolute atomic E-state index is 14.2. The average Bonchev–Trinajstić information content (AvgIpc) is 2.51. The van der Waals surface area contributed by atoms with E-state index in [2.05, 4.69) is 23.8 Å². The van der Waals surface area contributed by atoms with Crippen molar-refractivity contribution in [3.05, 3.63) is 65.9 Å². The van der Waals surface area contributed by atoms with E-state index in [1.165, 1.54) is 6.07 Å². The summed E-state index contributed by atoms with van der Waals surface area (Å²) in [5.41, 5.74) is 2.26. The van der Waals surface area contributed by atoms with Gasteiger partial charge in [0.2, 0.25) is 0 Å². The predicted molar refractivity (Wildman–Crippen MR) is 90.9 cm³/mol. The molecule has 0 amide bonds. The molecular weight excluding hydrogens is 277 g/mol. The topological polar surface area (TPSA) is 27.6 Å². The lowest BCUT2D eigenvalue weighted by molar-refractivity contribution is 0.534. The fraction of sp³-hybridized carbons (Fsp3) is 0.278. The van der Waals surface area contributed by atoms with Gasteiger partial charge in [0.05, 0.1) is 0 Å². The third-order valence-electron chi connectivity index (χ3n) is 3.43. The molecule has 1 aliphatic rings. The van der Waals surface area contributed by atoms with E-state index in [1.807, 2.05) is 37.2 Å². The zero-order chi connectivity index (χ0) is 16.1. The van der Waals surface area contributed by atoms with Crippen molar-refractivity contribution < 1.29 is 4.39 Å².